The van der Waals surface area contributed by atoms with E-state index in [4.69, 9.17) is 23.2 Å². The Hall–Kier alpha value is -0.960. The van der Waals surface area contributed by atoms with Crippen LogP contribution in [0.3, 0.4) is 0 Å². The maximum atomic E-state index is 5.67. The van der Waals surface area contributed by atoms with Gasteiger partial charge >= 0.3 is 11.5 Å². The number of halogens is 2. The summed E-state index contributed by atoms with van der Waals surface area (Å²) in [7, 11) is 0. The summed E-state index contributed by atoms with van der Waals surface area (Å²) in [6.07, 6.45) is 2.49. The van der Waals surface area contributed by atoms with E-state index in [9.17, 15) is 0 Å². The van der Waals surface area contributed by atoms with E-state index in [1.54, 1.807) is 0 Å². The molecule has 2 heterocycles. The van der Waals surface area contributed by atoms with E-state index in [-0.39, 0.29) is 10.4 Å². The highest BCUT2D eigenvalue weighted by molar-refractivity contribution is 6.34. The molecule has 54 valence electrons. The summed E-state index contributed by atoms with van der Waals surface area (Å²) in [6, 6.07) is 0. The van der Waals surface area contributed by atoms with Crippen LogP contribution in [0.25, 0.3) is 0 Å². The van der Waals surface area contributed by atoms with Crippen LogP contribution in [0, 0.1) is 0 Å². The quantitative estimate of drug-likeness (QED) is 0.383. The molecule has 0 aliphatic carbocycles. The van der Waals surface area contributed by atoms with Gasteiger partial charge in [-0.2, -0.15) is 10.3 Å². The molecule has 0 spiro atoms. The lowest BCUT2D eigenvalue weighted by atomic mass is 10.5. The maximum absolute atomic E-state index is 5.67. The molecule has 0 aromatic carbocycles. The van der Waals surface area contributed by atoms with E-state index in [1.165, 1.54) is 0 Å². The van der Waals surface area contributed by atoms with Crippen molar-refractivity contribution < 1.29 is 0 Å². The van der Waals surface area contributed by atoms with Gasteiger partial charge in [-0.3, -0.25) is 0 Å². The van der Waals surface area contributed by atoms with Crippen LogP contribution in [0.1, 0.15) is 0 Å². The number of hydrogen-bond acceptors (Lipinski definition) is 4. The van der Waals surface area contributed by atoms with Gasteiger partial charge in [-0.1, -0.05) is 0 Å². The average molecular weight is 188 g/mol. The van der Waals surface area contributed by atoms with Gasteiger partial charge in [0.1, 0.15) is 0 Å². The predicted octanol–water partition coefficient (Wildman–Crippen LogP) is 1.75. The highest BCUT2D eigenvalue weighted by Crippen LogP contribution is 2.33. The number of nitrogens with zero attached hydrogens (tertiary/aromatic N) is 3. The Kier molecular flexibility index (Phi) is 1.39. The largest absolute Gasteiger partial charge is 0.320 e. The topological polar surface area (TPSA) is 50.2 Å². The van der Waals surface area contributed by atoms with Crippen molar-refractivity contribution in [1.82, 2.24) is 9.97 Å². The second-order valence-corrected chi connectivity index (χ2v) is 2.53. The lowest BCUT2D eigenvalue weighted by molar-refractivity contribution is 1.18. The minimum atomic E-state index is 0.0974. The number of aromatic nitrogens is 2. The Balaban J connectivity index is 2.67. The standard InChI is InChI=1S/C5HCl2N4/c6-3-2-4(9-1-8-2)11-5(7)10-3/h(H,8,9,10,11)/q+1. The van der Waals surface area contributed by atoms with Crippen molar-refractivity contribution in [3.8, 4) is 0 Å². The number of fused-ring (bicyclic) bond motifs is 1. The third-order valence-electron chi connectivity index (χ3n) is 1.16. The molecule has 6 heteroatoms. The molecule has 0 saturated carbocycles. The molecule has 0 fully saturated rings. The van der Waals surface area contributed by atoms with Crippen molar-refractivity contribution >= 4 is 41.0 Å². The Morgan fingerprint density at radius 2 is 2.09 bits per heavy atom. The summed E-state index contributed by atoms with van der Waals surface area (Å²) < 4.78 is 0. The van der Waals surface area contributed by atoms with Crippen LogP contribution in [0.5, 0.6) is 0 Å². The third kappa shape index (κ3) is 1.01. The minimum absolute atomic E-state index is 0.0974. The summed E-state index contributed by atoms with van der Waals surface area (Å²) >= 11 is 11.2. The highest BCUT2D eigenvalue weighted by Gasteiger charge is 2.26. The summed E-state index contributed by atoms with van der Waals surface area (Å²) in [6.45, 7) is 0. The molecule has 1 aromatic rings. The van der Waals surface area contributed by atoms with Gasteiger partial charge in [-0.15, -0.1) is 4.98 Å². The zero-order valence-corrected chi connectivity index (χ0v) is 6.61. The van der Waals surface area contributed by atoms with Crippen molar-refractivity contribution in [2.45, 2.75) is 0 Å². The molecule has 11 heavy (non-hydrogen) atoms. The fraction of sp³-hybridized carbons (Fsp3) is 0. The fourth-order valence-corrected chi connectivity index (χ4v) is 1.15. The van der Waals surface area contributed by atoms with Crippen LogP contribution in [0.2, 0.25) is 10.4 Å². The monoisotopic (exact) mass is 187 g/mol. The number of anilines is 1. The van der Waals surface area contributed by atoms with Crippen LogP contribution in [-0.4, -0.2) is 16.3 Å². The first-order valence-corrected chi connectivity index (χ1v) is 3.48. The molecule has 0 amide bonds. The van der Waals surface area contributed by atoms with Crippen LogP contribution in [0.15, 0.2) is 4.99 Å². The van der Waals surface area contributed by atoms with E-state index in [0.717, 1.165) is 0 Å². The molecule has 0 bridgehead atoms. The Morgan fingerprint density at radius 1 is 1.27 bits per heavy atom. The number of rotatable bonds is 0. The van der Waals surface area contributed by atoms with E-state index < -0.39 is 0 Å². The molecule has 1 aliphatic rings. The van der Waals surface area contributed by atoms with E-state index in [2.05, 4.69) is 26.6 Å². The molecule has 0 radical (unpaired) electrons. The summed E-state index contributed by atoms with van der Waals surface area (Å²) in [5.41, 5.74) is 0.482. The van der Waals surface area contributed by atoms with Gasteiger partial charge in [0.2, 0.25) is 10.4 Å². The summed E-state index contributed by atoms with van der Waals surface area (Å²) in [5.74, 6) is 0.495. The lowest BCUT2D eigenvalue weighted by Crippen LogP contribution is -1.92. The van der Waals surface area contributed by atoms with Crippen LogP contribution in [-0.2, 0) is 0 Å². The normalized spacial score (nSPS) is 12.2. The van der Waals surface area contributed by atoms with Crippen LogP contribution < -0.4 is 5.32 Å². The number of nitrogens with one attached hydrogen (secondary N) is 1. The molecule has 0 saturated heterocycles. The Bertz CT molecular complexity index is 335. The highest BCUT2D eigenvalue weighted by atomic mass is 35.5. The van der Waals surface area contributed by atoms with Gasteiger partial charge in [0.15, 0.2) is 0 Å². The van der Waals surface area contributed by atoms with Gasteiger partial charge in [0, 0.05) is 0 Å². The first-order chi connectivity index (χ1) is 5.27. The second-order valence-electron chi connectivity index (χ2n) is 1.83. The van der Waals surface area contributed by atoms with Gasteiger partial charge in [0.25, 0.3) is 6.34 Å². The van der Waals surface area contributed by atoms with Gasteiger partial charge < -0.3 is 0 Å². The molecule has 0 atom stereocenters. The van der Waals surface area contributed by atoms with Gasteiger partial charge in [-0.25, -0.2) is 0 Å². The zero-order valence-electron chi connectivity index (χ0n) is 5.10. The summed E-state index contributed by atoms with van der Waals surface area (Å²) in [5, 5.41) is 2.98. The second kappa shape index (κ2) is 2.27. The Morgan fingerprint density at radius 3 is 2.91 bits per heavy atom. The zero-order chi connectivity index (χ0) is 7.84. The predicted molar refractivity (Wildman–Crippen MR) is 42.8 cm³/mol. The Labute approximate surface area is 72.3 Å². The first-order valence-electron chi connectivity index (χ1n) is 2.72. The van der Waals surface area contributed by atoms with E-state index in [0.29, 0.717) is 11.5 Å². The van der Waals surface area contributed by atoms with Gasteiger partial charge in [0.05, 0.1) is 0 Å². The third-order valence-corrected chi connectivity index (χ3v) is 1.59. The van der Waals surface area contributed by atoms with Gasteiger partial charge in [-0.05, 0) is 28.2 Å². The number of hydrogen-bond donors (Lipinski definition) is 1. The molecule has 4 nitrogen and oxygen atoms in total. The number of aliphatic imine (C=N–C) groups is 1. The van der Waals surface area contributed by atoms with E-state index in [1.807, 2.05) is 0 Å². The SMILES string of the molecule is Clc1nc(Cl)c2c(n1)N[C+]=N2. The maximum Gasteiger partial charge on any atom is 0.320 e. The van der Waals surface area contributed by atoms with Crippen molar-refractivity contribution in [3.63, 3.8) is 0 Å². The van der Waals surface area contributed by atoms with Crippen molar-refractivity contribution in [2.24, 2.45) is 4.99 Å². The average Bonchev–Trinajstić information content (AvgIpc) is 2.34. The molecule has 1 N–H and O–H groups in total. The molecule has 2 rings (SSSR count). The van der Waals surface area contributed by atoms with Crippen LogP contribution >= 0.6 is 23.2 Å². The molecular formula is C5HCl2N4+. The van der Waals surface area contributed by atoms with Crippen molar-refractivity contribution in [2.75, 3.05) is 5.32 Å². The molecule has 1 aliphatic heterocycles. The lowest BCUT2D eigenvalue weighted by Gasteiger charge is -1.88. The van der Waals surface area contributed by atoms with E-state index >= 15 is 0 Å². The first kappa shape index (κ1) is 6.73. The molecule has 0 unspecified atom stereocenters. The minimum Gasteiger partial charge on any atom is -0.187 e. The fourth-order valence-electron chi connectivity index (χ4n) is 0.725. The summed E-state index contributed by atoms with van der Waals surface area (Å²) in [4.78, 5) is 11.3. The molecule has 1 aromatic heterocycles. The van der Waals surface area contributed by atoms with Crippen molar-refractivity contribution in [3.05, 3.63) is 10.4 Å². The van der Waals surface area contributed by atoms with Crippen LogP contribution in [0.4, 0.5) is 11.5 Å². The smallest absolute Gasteiger partial charge is 0.187 e. The van der Waals surface area contributed by atoms with Crippen molar-refractivity contribution in [1.29, 1.82) is 0 Å². The molecular weight excluding hydrogens is 187 g/mol.